The van der Waals surface area contributed by atoms with E-state index >= 15 is 0 Å². The number of nitrogens with one attached hydrogen (secondary N) is 1. The molecule has 2 aromatic rings. The van der Waals surface area contributed by atoms with Gasteiger partial charge in [-0.1, -0.05) is 23.2 Å². The zero-order chi connectivity index (χ0) is 12.4. The molecule has 2 heterocycles. The van der Waals surface area contributed by atoms with Gasteiger partial charge in [0.2, 0.25) is 0 Å². The lowest BCUT2D eigenvalue weighted by atomic mass is 10.0. The maximum absolute atomic E-state index is 13.6. The summed E-state index contributed by atoms with van der Waals surface area (Å²) in [5, 5.41) is 0. The fraction of sp³-hybridized carbons (Fsp3) is 0.100. The molecule has 0 spiro atoms. The molecule has 0 aromatic carbocycles. The molecule has 1 atom stereocenters. The number of thiophene rings is 1. The van der Waals surface area contributed by atoms with Gasteiger partial charge in [-0.25, -0.2) is 9.82 Å². The van der Waals surface area contributed by atoms with Crippen molar-refractivity contribution in [3.8, 4) is 0 Å². The number of rotatable bonds is 3. The molecule has 0 aliphatic carbocycles. The summed E-state index contributed by atoms with van der Waals surface area (Å²) in [5.41, 5.74) is 3.55. The average Bonchev–Trinajstić information content (AvgIpc) is 2.62. The Balaban J connectivity index is 2.47. The number of hydrazine groups is 1. The molecular formula is C10H8Cl2FN3S. The normalized spacial score (nSPS) is 12.7. The highest BCUT2D eigenvalue weighted by molar-refractivity contribution is 7.20. The van der Waals surface area contributed by atoms with Gasteiger partial charge in [-0.15, -0.1) is 11.3 Å². The quantitative estimate of drug-likeness (QED) is 0.675. The van der Waals surface area contributed by atoms with Crippen molar-refractivity contribution in [2.45, 2.75) is 6.04 Å². The highest BCUT2D eigenvalue weighted by atomic mass is 35.5. The van der Waals surface area contributed by atoms with E-state index in [-0.39, 0.29) is 0 Å². The van der Waals surface area contributed by atoms with Gasteiger partial charge in [-0.3, -0.25) is 10.8 Å². The van der Waals surface area contributed by atoms with Crippen LogP contribution in [0.1, 0.15) is 17.2 Å². The summed E-state index contributed by atoms with van der Waals surface area (Å²) in [4.78, 5) is 3.68. The van der Waals surface area contributed by atoms with Crippen molar-refractivity contribution in [3.63, 3.8) is 0 Å². The second-order valence-electron chi connectivity index (χ2n) is 3.28. The van der Waals surface area contributed by atoms with E-state index in [1.54, 1.807) is 12.1 Å². The number of halogens is 3. The van der Waals surface area contributed by atoms with Crippen molar-refractivity contribution in [1.29, 1.82) is 0 Å². The van der Waals surface area contributed by atoms with Gasteiger partial charge in [-0.2, -0.15) is 0 Å². The minimum Gasteiger partial charge on any atom is -0.271 e. The first-order valence-electron chi connectivity index (χ1n) is 4.63. The Morgan fingerprint density at radius 3 is 2.71 bits per heavy atom. The van der Waals surface area contributed by atoms with Crippen LogP contribution >= 0.6 is 34.5 Å². The summed E-state index contributed by atoms with van der Waals surface area (Å²) in [6.07, 6.45) is 2.62. The third-order valence-corrected chi connectivity index (χ3v) is 3.79. The van der Waals surface area contributed by atoms with Crippen LogP contribution in [0, 0.1) is 5.82 Å². The number of aromatic nitrogens is 1. The number of pyridine rings is 1. The lowest BCUT2D eigenvalue weighted by molar-refractivity contribution is 0.556. The number of hydrogen-bond donors (Lipinski definition) is 2. The molecule has 2 aromatic heterocycles. The van der Waals surface area contributed by atoms with Gasteiger partial charge in [0.25, 0.3) is 0 Å². The summed E-state index contributed by atoms with van der Waals surface area (Å²) in [6, 6.07) is 2.66. The molecule has 0 amide bonds. The second-order valence-corrected chi connectivity index (χ2v) is 5.56. The van der Waals surface area contributed by atoms with E-state index in [1.165, 1.54) is 17.5 Å². The molecule has 3 nitrogen and oxygen atoms in total. The molecule has 0 radical (unpaired) electrons. The molecule has 1 unspecified atom stereocenters. The molecule has 2 rings (SSSR count). The largest absolute Gasteiger partial charge is 0.271 e. The molecule has 0 aliphatic rings. The zero-order valence-electron chi connectivity index (χ0n) is 8.45. The van der Waals surface area contributed by atoms with E-state index in [2.05, 4.69) is 10.4 Å². The summed E-state index contributed by atoms with van der Waals surface area (Å²) >= 11 is 13.1. The maximum Gasteiger partial charge on any atom is 0.146 e. The summed E-state index contributed by atoms with van der Waals surface area (Å²) < 4.78 is 14.6. The number of hydrogen-bond acceptors (Lipinski definition) is 4. The van der Waals surface area contributed by atoms with Gasteiger partial charge in [0, 0.05) is 17.3 Å². The minimum atomic E-state index is -0.547. The molecule has 7 heteroatoms. The molecule has 0 saturated heterocycles. The maximum atomic E-state index is 13.6. The van der Waals surface area contributed by atoms with Crippen molar-refractivity contribution < 1.29 is 4.39 Å². The van der Waals surface area contributed by atoms with Gasteiger partial charge < -0.3 is 0 Å². The van der Waals surface area contributed by atoms with E-state index in [4.69, 9.17) is 29.0 Å². The second kappa shape index (κ2) is 5.29. The average molecular weight is 292 g/mol. The smallest absolute Gasteiger partial charge is 0.146 e. The van der Waals surface area contributed by atoms with Crippen LogP contribution in [0.5, 0.6) is 0 Å². The van der Waals surface area contributed by atoms with Crippen LogP contribution in [-0.2, 0) is 0 Å². The van der Waals surface area contributed by atoms with E-state index in [0.29, 0.717) is 19.8 Å². The summed E-state index contributed by atoms with van der Waals surface area (Å²) in [5.74, 6) is 5.00. The van der Waals surface area contributed by atoms with Crippen molar-refractivity contribution >= 4 is 34.5 Å². The summed E-state index contributed by atoms with van der Waals surface area (Å²) in [6.45, 7) is 0. The minimum absolute atomic E-state index is 0.374. The third kappa shape index (κ3) is 2.59. The Labute approximate surface area is 111 Å². The lowest BCUT2D eigenvalue weighted by Crippen LogP contribution is -2.29. The van der Waals surface area contributed by atoms with Crippen LogP contribution in [-0.4, -0.2) is 4.98 Å². The van der Waals surface area contributed by atoms with Gasteiger partial charge in [0.1, 0.15) is 5.82 Å². The predicted molar refractivity (Wildman–Crippen MR) is 67.7 cm³/mol. The molecule has 0 fully saturated rings. The van der Waals surface area contributed by atoms with Crippen molar-refractivity contribution in [3.05, 3.63) is 50.1 Å². The number of nitrogens with two attached hydrogens (primary N) is 1. The molecule has 0 bridgehead atoms. The first kappa shape index (κ1) is 12.7. The van der Waals surface area contributed by atoms with Crippen LogP contribution in [0.25, 0.3) is 0 Å². The third-order valence-electron chi connectivity index (χ3n) is 2.28. The van der Waals surface area contributed by atoms with Crippen molar-refractivity contribution in [2.75, 3.05) is 0 Å². The highest BCUT2D eigenvalue weighted by Crippen LogP contribution is 2.37. The number of nitrogens with zero attached hydrogens (tertiary/aromatic N) is 1. The monoisotopic (exact) mass is 291 g/mol. The molecule has 90 valence electrons. The van der Waals surface area contributed by atoms with Gasteiger partial charge in [0.05, 0.1) is 20.9 Å². The van der Waals surface area contributed by atoms with E-state index < -0.39 is 11.9 Å². The fourth-order valence-electron chi connectivity index (χ4n) is 1.52. The Hall–Kier alpha value is -0.720. The first-order valence-corrected chi connectivity index (χ1v) is 6.21. The fourth-order valence-corrected chi connectivity index (χ4v) is 3.05. The van der Waals surface area contributed by atoms with Gasteiger partial charge in [0.15, 0.2) is 0 Å². The van der Waals surface area contributed by atoms with Crippen LogP contribution in [0.2, 0.25) is 8.67 Å². The van der Waals surface area contributed by atoms with Gasteiger partial charge >= 0.3 is 0 Å². The molecular weight excluding hydrogens is 284 g/mol. The first-order chi connectivity index (χ1) is 8.13. The molecule has 0 aliphatic heterocycles. The van der Waals surface area contributed by atoms with Crippen LogP contribution in [0.4, 0.5) is 4.39 Å². The summed E-state index contributed by atoms with van der Waals surface area (Å²) in [7, 11) is 0. The van der Waals surface area contributed by atoms with Crippen molar-refractivity contribution in [1.82, 2.24) is 10.4 Å². The zero-order valence-corrected chi connectivity index (χ0v) is 10.8. The lowest BCUT2D eigenvalue weighted by Gasteiger charge is -2.16. The predicted octanol–water partition coefficient (Wildman–Crippen LogP) is 3.14. The van der Waals surface area contributed by atoms with E-state index in [9.17, 15) is 4.39 Å². The highest BCUT2D eigenvalue weighted by Gasteiger charge is 2.21. The standard InChI is InChI=1S/C10H8Cl2FN3S/c11-8-3-6(10(12)17-8)9(16-14)5-1-2-15-4-7(5)13/h1-4,9,16H,14H2. The Morgan fingerprint density at radius 1 is 1.41 bits per heavy atom. The van der Waals surface area contributed by atoms with Gasteiger partial charge in [-0.05, 0) is 12.1 Å². The van der Waals surface area contributed by atoms with Crippen LogP contribution < -0.4 is 11.3 Å². The topological polar surface area (TPSA) is 50.9 Å². The molecule has 0 saturated carbocycles. The molecule has 17 heavy (non-hydrogen) atoms. The van der Waals surface area contributed by atoms with E-state index in [0.717, 1.165) is 6.20 Å². The SMILES string of the molecule is NNC(c1ccncc1F)c1cc(Cl)sc1Cl. The molecule has 3 N–H and O–H groups in total. The van der Waals surface area contributed by atoms with E-state index in [1.807, 2.05) is 0 Å². The Morgan fingerprint density at radius 2 is 2.18 bits per heavy atom. The van der Waals surface area contributed by atoms with Crippen molar-refractivity contribution in [2.24, 2.45) is 5.84 Å². The Bertz CT molecular complexity index is 532. The van der Waals surface area contributed by atoms with Crippen LogP contribution in [0.3, 0.4) is 0 Å². The van der Waals surface area contributed by atoms with Crippen LogP contribution in [0.15, 0.2) is 24.5 Å². The Kier molecular flexibility index (Phi) is 3.96.